The summed E-state index contributed by atoms with van der Waals surface area (Å²) in [6.07, 6.45) is 4.71. The van der Waals surface area contributed by atoms with Crippen LogP contribution in [-0.2, 0) is 11.2 Å². The summed E-state index contributed by atoms with van der Waals surface area (Å²) in [6, 6.07) is 10.7. The fourth-order valence-electron chi connectivity index (χ4n) is 2.82. The first-order chi connectivity index (χ1) is 8.66. The van der Waals surface area contributed by atoms with E-state index in [0.29, 0.717) is 12.0 Å². The second-order valence-corrected chi connectivity index (χ2v) is 5.28. The van der Waals surface area contributed by atoms with E-state index in [9.17, 15) is 4.79 Å². The van der Waals surface area contributed by atoms with Crippen LogP contribution < -0.4 is 11.1 Å². The highest BCUT2D eigenvalue weighted by Gasteiger charge is 2.29. The van der Waals surface area contributed by atoms with Crippen molar-refractivity contribution < 1.29 is 4.79 Å². The number of hydrogen-bond acceptors (Lipinski definition) is 2. The van der Waals surface area contributed by atoms with Crippen molar-refractivity contribution in [3.8, 4) is 0 Å². The van der Waals surface area contributed by atoms with Gasteiger partial charge in [0.1, 0.15) is 0 Å². The summed E-state index contributed by atoms with van der Waals surface area (Å²) in [5.41, 5.74) is 6.69. The number of carbonyl (C=O) groups is 1. The number of benzene rings is 1. The first-order valence-corrected chi connectivity index (χ1v) is 6.76. The third kappa shape index (κ3) is 3.33. The van der Waals surface area contributed by atoms with Gasteiger partial charge in [-0.05, 0) is 37.7 Å². The average Bonchev–Trinajstić information content (AvgIpc) is 2.78. The molecule has 1 aliphatic rings. The molecule has 3 nitrogen and oxygen atoms in total. The predicted octanol–water partition coefficient (Wildman–Crippen LogP) is 1.86. The monoisotopic (exact) mass is 246 g/mol. The van der Waals surface area contributed by atoms with Crippen molar-refractivity contribution in [1.29, 1.82) is 0 Å². The molecule has 3 heteroatoms. The van der Waals surface area contributed by atoms with Gasteiger partial charge >= 0.3 is 0 Å². The minimum absolute atomic E-state index is 0.230. The molecule has 2 rings (SSSR count). The standard InChI is InChI=1S/C15H22N2O/c1-11(15(16)18)17-14-9-5-8-13(14)10-12-6-3-2-4-7-12/h2-4,6-7,11,13-14,17H,5,8-10H2,1H3,(H2,16,18)/t11-,13-,14+/m0/s1. The molecule has 1 aliphatic carbocycles. The Morgan fingerprint density at radius 3 is 2.78 bits per heavy atom. The van der Waals surface area contributed by atoms with Crippen LogP contribution in [0.5, 0.6) is 0 Å². The van der Waals surface area contributed by atoms with Crippen molar-refractivity contribution in [3.63, 3.8) is 0 Å². The van der Waals surface area contributed by atoms with E-state index in [1.54, 1.807) is 0 Å². The molecule has 0 spiro atoms. The highest BCUT2D eigenvalue weighted by atomic mass is 16.1. The lowest BCUT2D eigenvalue weighted by molar-refractivity contribution is -0.119. The van der Waals surface area contributed by atoms with Crippen molar-refractivity contribution in [2.24, 2.45) is 11.7 Å². The molecule has 0 radical (unpaired) electrons. The number of hydrogen-bond donors (Lipinski definition) is 2. The average molecular weight is 246 g/mol. The molecular formula is C15H22N2O. The van der Waals surface area contributed by atoms with Crippen LogP contribution in [0.15, 0.2) is 30.3 Å². The highest BCUT2D eigenvalue weighted by Crippen LogP contribution is 2.29. The van der Waals surface area contributed by atoms with Crippen LogP contribution in [0.2, 0.25) is 0 Å². The molecule has 0 unspecified atom stereocenters. The smallest absolute Gasteiger partial charge is 0.234 e. The van der Waals surface area contributed by atoms with Gasteiger partial charge in [0.05, 0.1) is 6.04 Å². The van der Waals surface area contributed by atoms with Crippen LogP contribution in [0.4, 0.5) is 0 Å². The maximum Gasteiger partial charge on any atom is 0.234 e. The van der Waals surface area contributed by atoms with Gasteiger partial charge in [0.2, 0.25) is 5.91 Å². The van der Waals surface area contributed by atoms with Crippen LogP contribution >= 0.6 is 0 Å². The molecule has 1 aromatic rings. The van der Waals surface area contributed by atoms with Gasteiger partial charge < -0.3 is 11.1 Å². The predicted molar refractivity (Wildman–Crippen MR) is 73.1 cm³/mol. The third-order valence-corrected chi connectivity index (χ3v) is 3.89. The van der Waals surface area contributed by atoms with E-state index < -0.39 is 0 Å². The number of nitrogens with one attached hydrogen (secondary N) is 1. The molecular weight excluding hydrogens is 224 g/mol. The number of carbonyl (C=O) groups excluding carboxylic acids is 1. The van der Waals surface area contributed by atoms with E-state index >= 15 is 0 Å². The Morgan fingerprint density at radius 2 is 2.11 bits per heavy atom. The first-order valence-electron chi connectivity index (χ1n) is 6.76. The van der Waals surface area contributed by atoms with Gasteiger partial charge in [-0.25, -0.2) is 0 Å². The molecule has 3 atom stereocenters. The molecule has 1 aromatic carbocycles. The van der Waals surface area contributed by atoms with E-state index in [-0.39, 0.29) is 11.9 Å². The topological polar surface area (TPSA) is 55.1 Å². The fraction of sp³-hybridized carbons (Fsp3) is 0.533. The molecule has 0 aromatic heterocycles. The first kappa shape index (κ1) is 13.1. The molecule has 3 N–H and O–H groups in total. The summed E-state index contributed by atoms with van der Waals surface area (Å²) in [4.78, 5) is 11.1. The lowest BCUT2D eigenvalue weighted by Gasteiger charge is -2.23. The third-order valence-electron chi connectivity index (χ3n) is 3.89. The van der Waals surface area contributed by atoms with Crippen LogP contribution in [-0.4, -0.2) is 18.0 Å². The van der Waals surface area contributed by atoms with Gasteiger partial charge in [-0.2, -0.15) is 0 Å². The Morgan fingerprint density at radius 1 is 1.39 bits per heavy atom. The maximum absolute atomic E-state index is 11.1. The van der Waals surface area contributed by atoms with Crippen LogP contribution in [0, 0.1) is 5.92 Å². The Kier molecular flexibility index (Phi) is 4.37. The van der Waals surface area contributed by atoms with Gasteiger partial charge in [-0.15, -0.1) is 0 Å². The molecule has 1 fully saturated rings. The van der Waals surface area contributed by atoms with E-state index in [4.69, 9.17) is 5.73 Å². The minimum Gasteiger partial charge on any atom is -0.368 e. The zero-order valence-corrected chi connectivity index (χ0v) is 10.9. The number of nitrogens with two attached hydrogens (primary N) is 1. The van der Waals surface area contributed by atoms with Gasteiger partial charge in [0, 0.05) is 6.04 Å². The molecule has 1 amide bonds. The van der Waals surface area contributed by atoms with Crippen molar-refractivity contribution in [3.05, 3.63) is 35.9 Å². The SMILES string of the molecule is C[C@H](N[C@@H]1CCC[C@H]1Cc1ccccc1)C(N)=O. The Bertz CT molecular complexity index is 391. The largest absolute Gasteiger partial charge is 0.368 e. The molecule has 0 bridgehead atoms. The summed E-state index contributed by atoms with van der Waals surface area (Å²) in [5.74, 6) is 0.356. The van der Waals surface area contributed by atoms with E-state index in [1.807, 2.05) is 13.0 Å². The highest BCUT2D eigenvalue weighted by molar-refractivity contribution is 5.79. The number of rotatable bonds is 5. The van der Waals surface area contributed by atoms with Crippen molar-refractivity contribution in [1.82, 2.24) is 5.32 Å². The van der Waals surface area contributed by atoms with Crippen LogP contribution in [0.1, 0.15) is 31.7 Å². The minimum atomic E-state index is -0.264. The lowest BCUT2D eigenvalue weighted by atomic mass is 9.94. The quantitative estimate of drug-likeness (QED) is 0.833. The van der Waals surface area contributed by atoms with Crippen LogP contribution in [0.3, 0.4) is 0 Å². The Hall–Kier alpha value is -1.35. The van der Waals surface area contributed by atoms with E-state index in [2.05, 4.69) is 29.6 Å². The van der Waals surface area contributed by atoms with Gasteiger partial charge in [-0.1, -0.05) is 36.8 Å². The second-order valence-electron chi connectivity index (χ2n) is 5.28. The van der Waals surface area contributed by atoms with Crippen LogP contribution in [0.25, 0.3) is 0 Å². The molecule has 1 saturated carbocycles. The summed E-state index contributed by atoms with van der Waals surface area (Å²) >= 11 is 0. The number of amides is 1. The number of primary amides is 1. The van der Waals surface area contributed by atoms with Crippen molar-refractivity contribution >= 4 is 5.91 Å². The zero-order chi connectivity index (χ0) is 13.0. The second kappa shape index (κ2) is 6.01. The maximum atomic E-state index is 11.1. The molecule has 0 heterocycles. The summed E-state index contributed by atoms with van der Waals surface area (Å²) in [6.45, 7) is 1.85. The summed E-state index contributed by atoms with van der Waals surface area (Å²) in [7, 11) is 0. The van der Waals surface area contributed by atoms with Gasteiger partial charge in [0.25, 0.3) is 0 Å². The van der Waals surface area contributed by atoms with E-state index in [0.717, 1.165) is 12.8 Å². The molecule has 98 valence electrons. The molecule has 0 saturated heterocycles. The molecule has 18 heavy (non-hydrogen) atoms. The Labute approximate surface area is 109 Å². The lowest BCUT2D eigenvalue weighted by Crippen LogP contribution is -2.46. The molecule has 0 aliphatic heterocycles. The van der Waals surface area contributed by atoms with Crippen molar-refractivity contribution in [2.75, 3.05) is 0 Å². The fourth-order valence-corrected chi connectivity index (χ4v) is 2.82. The van der Waals surface area contributed by atoms with Gasteiger partial charge in [-0.3, -0.25) is 4.79 Å². The van der Waals surface area contributed by atoms with Crippen molar-refractivity contribution in [2.45, 2.75) is 44.7 Å². The zero-order valence-electron chi connectivity index (χ0n) is 10.9. The summed E-state index contributed by atoms with van der Waals surface area (Å²) < 4.78 is 0. The van der Waals surface area contributed by atoms with E-state index in [1.165, 1.54) is 18.4 Å². The summed E-state index contributed by atoms with van der Waals surface area (Å²) in [5, 5.41) is 3.37. The Balaban J connectivity index is 1.93. The van der Waals surface area contributed by atoms with Gasteiger partial charge in [0.15, 0.2) is 0 Å². The normalized spacial score (nSPS) is 24.9.